The molecule has 0 radical (unpaired) electrons. The van der Waals surface area contributed by atoms with Crippen LogP contribution >= 0.6 is 0 Å². The molecule has 0 aromatic heterocycles. The lowest BCUT2D eigenvalue weighted by Gasteiger charge is -2.30. The highest BCUT2D eigenvalue weighted by molar-refractivity contribution is 5.77. The summed E-state index contributed by atoms with van der Waals surface area (Å²) in [5, 5.41) is 2.97. The number of amides is 1. The van der Waals surface area contributed by atoms with Gasteiger partial charge in [0.2, 0.25) is 5.91 Å². The van der Waals surface area contributed by atoms with Crippen molar-refractivity contribution in [2.75, 3.05) is 20.1 Å². The van der Waals surface area contributed by atoms with Gasteiger partial charge in [-0.05, 0) is 26.3 Å². The number of nitrogens with one attached hydrogen (secondary N) is 1. The molecule has 94 valence electrons. The van der Waals surface area contributed by atoms with Crippen LogP contribution in [0, 0.1) is 0 Å². The number of rotatable bonds is 6. The smallest absolute Gasteiger partial charge is 0.234 e. The quantitative estimate of drug-likeness (QED) is 0.704. The Morgan fingerprint density at radius 2 is 2.00 bits per heavy atom. The number of likely N-dealkylation sites (N-methyl/N-ethyl adjacent to an activating group) is 1. The first-order chi connectivity index (χ1) is 7.74. The molecule has 0 unspecified atom stereocenters. The standard InChI is InChI=1S/C13H26N2O/c1-3-4-10-14-13(16)11-15(2)12-8-6-5-7-9-12/h12H,3-11H2,1-2H3,(H,14,16). The lowest BCUT2D eigenvalue weighted by molar-refractivity contribution is -0.122. The van der Waals surface area contributed by atoms with Gasteiger partial charge in [0.05, 0.1) is 6.54 Å². The summed E-state index contributed by atoms with van der Waals surface area (Å²) in [6.45, 7) is 3.53. The van der Waals surface area contributed by atoms with Crippen LogP contribution in [-0.4, -0.2) is 37.0 Å². The Labute approximate surface area is 99.6 Å². The zero-order chi connectivity index (χ0) is 11.8. The van der Waals surface area contributed by atoms with Gasteiger partial charge in [-0.2, -0.15) is 0 Å². The van der Waals surface area contributed by atoms with Crippen LogP contribution < -0.4 is 5.32 Å². The topological polar surface area (TPSA) is 32.3 Å². The number of unbranched alkanes of at least 4 members (excludes halogenated alkanes) is 1. The van der Waals surface area contributed by atoms with Crippen LogP contribution in [0.5, 0.6) is 0 Å². The zero-order valence-corrected chi connectivity index (χ0v) is 10.8. The molecule has 0 saturated heterocycles. The van der Waals surface area contributed by atoms with Crippen molar-refractivity contribution >= 4 is 5.91 Å². The van der Waals surface area contributed by atoms with Gasteiger partial charge in [-0.1, -0.05) is 32.6 Å². The van der Waals surface area contributed by atoms with Gasteiger partial charge in [0.25, 0.3) is 0 Å². The lowest BCUT2D eigenvalue weighted by atomic mass is 9.94. The fourth-order valence-corrected chi connectivity index (χ4v) is 2.34. The largest absolute Gasteiger partial charge is 0.355 e. The summed E-state index contributed by atoms with van der Waals surface area (Å²) in [6, 6.07) is 0.630. The summed E-state index contributed by atoms with van der Waals surface area (Å²) in [7, 11) is 2.08. The van der Waals surface area contributed by atoms with Gasteiger partial charge in [0, 0.05) is 12.6 Å². The molecule has 3 heteroatoms. The summed E-state index contributed by atoms with van der Waals surface area (Å²) >= 11 is 0. The molecule has 0 aliphatic heterocycles. The maximum absolute atomic E-state index is 11.6. The van der Waals surface area contributed by atoms with E-state index in [1.807, 2.05) is 0 Å². The van der Waals surface area contributed by atoms with E-state index in [9.17, 15) is 4.79 Å². The summed E-state index contributed by atoms with van der Waals surface area (Å²) in [6.07, 6.45) is 8.76. The minimum atomic E-state index is 0.182. The SMILES string of the molecule is CCCCNC(=O)CN(C)C1CCCCC1. The first-order valence-corrected chi connectivity index (χ1v) is 6.71. The molecule has 0 atom stereocenters. The van der Waals surface area contributed by atoms with Crippen molar-refractivity contribution in [3.63, 3.8) is 0 Å². The van der Waals surface area contributed by atoms with E-state index >= 15 is 0 Å². The van der Waals surface area contributed by atoms with E-state index in [1.165, 1.54) is 32.1 Å². The molecule has 1 rings (SSSR count). The Bertz CT molecular complexity index is 200. The minimum absolute atomic E-state index is 0.182. The maximum atomic E-state index is 11.6. The van der Waals surface area contributed by atoms with E-state index in [0.717, 1.165) is 19.4 Å². The normalized spacial score (nSPS) is 17.7. The molecule has 1 aliphatic rings. The summed E-state index contributed by atoms with van der Waals surface area (Å²) in [5.41, 5.74) is 0. The predicted octanol–water partition coefficient (Wildman–Crippen LogP) is 2.17. The van der Waals surface area contributed by atoms with Crippen molar-refractivity contribution in [1.82, 2.24) is 10.2 Å². The molecule has 0 bridgehead atoms. The third-order valence-electron chi connectivity index (χ3n) is 3.44. The Morgan fingerprint density at radius 1 is 1.31 bits per heavy atom. The number of nitrogens with zero attached hydrogens (tertiary/aromatic N) is 1. The van der Waals surface area contributed by atoms with Gasteiger partial charge >= 0.3 is 0 Å². The second kappa shape index (κ2) is 7.66. The van der Waals surface area contributed by atoms with Gasteiger partial charge in [0.1, 0.15) is 0 Å². The van der Waals surface area contributed by atoms with Gasteiger partial charge in [0.15, 0.2) is 0 Å². The molecule has 1 N–H and O–H groups in total. The maximum Gasteiger partial charge on any atom is 0.234 e. The van der Waals surface area contributed by atoms with Crippen LogP contribution in [0.1, 0.15) is 51.9 Å². The number of carbonyl (C=O) groups excluding carboxylic acids is 1. The van der Waals surface area contributed by atoms with Gasteiger partial charge in [-0.25, -0.2) is 0 Å². The van der Waals surface area contributed by atoms with Crippen LogP contribution in [0.15, 0.2) is 0 Å². The lowest BCUT2D eigenvalue weighted by Crippen LogP contribution is -2.41. The predicted molar refractivity (Wildman–Crippen MR) is 67.4 cm³/mol. The third-order valence-corrected chi connectivity index (χ3v) is 3.44. The Kier molecular flexibility index (Phi) is 6.46. The van der Waals surface area contributed by atoms with Crippen LogP contribution in [-0.2, 0) is 4.79 Å². The molecule has 0 spiro atoms. The van der Waals surface area contributed by atoms with Gasteiger partial charge in [-0.3, -0.25) is 9.69 Å². The summed E-state index contributed by atoms with van der Waals surface area (Å²) in [5.74, 6) is 0.182. The van der Waals surface area contributed by atoms with Crippen molar-refractivity contribution in [3.05, 3.63) is 0 Å². The fraction of sp³-hybridized carbons (Fsp3) is 0.923. The van der Waals surface area contributed by atoms with Gasteiger partial charge in [-0.15, -0.1) is 0 Å². The van der Waals surface area contributed by atoms with Crippen LogP contribution in [0.25, 0.3) is 0 Å². The molecule has 1 amide bonds. The van der Waals surface area contributed by atoms with Crippen molar-refractivity contribution in [3.8, 4) is 0 Å². The van der Waals surface area contributed by atoms with E-state index in [1.54, 1.807) is 0 Å². The molecular weight excluding hydrogens is 200 g/mol. The first kappa shape index (κ1) is 13.5. The van der Waals surface area contributed by atoms with Crippen LogP contribution in [0.4, 0.5) is 0 Å². The monoisotopic (exact) mass is 226 g/mol. The van der Waals surface area contributed by atoms with Crippen LogP contribution in [0.2, 0.25) is 0 Å². The fourth-order valence-electron chi connectivity index (χ4n) is 2.34. The van der Waals surface area contributed by atoms with Gasteiger partial charge < -0.3 is 5.32 Å². The molecule has 1 aliphatic carbocycles. The van der Waals surface area contributed by atoms with Crippen molar-refractivity contribution in [1.29, 1.82) is 0 Å². The minimum Gasteiger partial charge on any atom is -0.355 e. The number of carbonyl (C=O) groups is 1. The van der Waals surface area contributed by atoms with E-state index < -0.39 is 0 Å². The molecule has 1 fully saturated rings. The molecule has 3 nitrogen and oxygen atoms in total. The van der Waals surface area contributed by atoms with Crippen molar-refractivity contribution in [2.45, 2.75) is 57.9 Å². The summed E-state index contributed by atoms with van der Waals surface area (Å²) < 4.78 is 0. The first-order valence-electron chi connectivity index (χ1n) is 6.71. The van der Waals surface area contributed by atoms with Crippen LogP contribution in [0.3, 0.4) is 0 Å². The zero-order valence-electron chi connectivity index (χ0n) is 10.8. The molecule has 0 heterocycles. The van der Waals surface area contributed by atoms with E-state index in [0.29, 0.717) is 12.6 Å². The Hall–Kier alpha value is -0.570. The molecule has 0 aromatic rings. The molecule has 16 heavy (non-hydrogen) atoms. The number of hydrogen-bond donors (Lipinski definition) is 1. The molecule has 1 saturated carbocycles. The van der Waals surface area contributed by atoms with Crippen molar-refractivity contribution in [2.24, 2.45) is 0 Å². The Balaban J connectivity index is 2.16. The highest BCUT2D eigenvalue weighted by atomic mass is 16.2. The van der Waals surface area contributed by atoms with E-state index in [-0.39, 0.29) is 5.91 Å². The highest BCUT2D eigenvalue weighted by Gasteiger charge is 2.19. The van der Waals surface area contributed by atoms with E-state index in [4.69, 9.17) is 0 Å². The Morgan fingerprint density at radius 3 is 2.62 bits per heavy atom. The second-order valence-electron chi connectivity index (χ2n) is 4.91. The summed E-state index contributed by atoms with van der Waals surface area (Å²) in [4.78, 5) is 13.8. The second-order valence-corrected chi connectivity index (χ2v) is 4.91. The average Bonchev–Trinajstić information content (AvgIpc) is 2.30. The average molecular weight is 226 g/mol. The number of hydrogen-bond acceptors (Lipinski definition) is 2. The van der Waals surface area contributed by atoms with E-state index in [2.05, 4.69) is 24.2 Å². The third kappa shape index (κ3) is 4.97. The van der Waals surface area contributed by atoms with Crippen molar-refractivity contribution < 1.29 is 4.79 Å². The molecule has 0 aromatic carbocycles. The highest BCUT2D eigenvalue weighted by Crippen LogP contribution is 2.21. The molecular formula is C13H26N2O.